The van der Waals surface area contributed by atoms with Crippen molar-refractivity contribution >= 4 is 21.7 Å². The van der Waals surface area contributed by atoms with Gasteiger partial charge >= 0.3 is 0 Å². The van der Waals surface area contributed by atoms with Crippen LogP contribution in [-0.4, -0.2) is 10.9 Å². The Bertz CT molecular complexity index is 792. The highest BCUT2D eigenvalue weighted by Gasteiger charge is 2.45. The van der Waals surface area contributed by atoms with E-state index in [0.717, 1.165) is 28.4 Å². The number of benzene rings is 2. The Morgan fingerprint density at radius 2 is 1.68 bits per heavy atom. The molecule has 130 valence electrons. The summed E-state index contributed by atoms with van der Waals surface area (Å²) >= 11 is 3.48. The zero-order valence-corrected chi connectivity index (χ0v) is 16.2. The molecule has 2 nitrogen and oxygen atoms in total. The predicted molar refractivity (Wildman–Crippen MR) is 105 cm³/mol. The summed E-state index contributed by atoms with van der Waals surface area (Å²) in [5.41, 5.74) is 1.45. The van der Waals surface area contributed by atoms with Crippen LogP contribution >= 0.6 is 15.9 Å². The van der Waals surface area contributed by atoms with Crippen molar-refractivity contribution in [3.8, 4) is 5.75 Å². The maximum atomic E-state index is 13.1. The molecule has 0 bridgehead atoms. The molecule has 2 atom stereocenters. The van der Waals surface area contributed by atoms with E-state index in [-0.39, 0.29) is 16.9 Å². The van der Waals surface area contributed by atoms with Crippen molar-refractivity contribution in [3.63, 3.8) is 0 Å². The quantitative estimate of drug-likeness (QED) is 0.672. The number of phenolic OH excluding ortho intramolecular Hbond substituents is 1. The zero-order valence-electron chi connectivity index (χ0n) is 14.6. The van der Waals surface area contributed by atoms with E-state index in [0.29, 0.717) is 6.42 Å². The third-order valence-corrected chi connectivity index (χ3v) is 5.93. The summed E-state index contributed by atoms with van der Waals surface area (Å²) in [6.45, 7) is 4.12. The number of Topliss-reactive ketones (excluding diaryl/α,β-unsaturated/α-hetero) is 1. The van der Waals surface area contributed by atoms with Gasteiger partial charge in [-0.1, -0.05) is 66.2 Å². The highest BCUT2D eigenvalue weighted by Crippen LogP contribution is 2.47. The van der Waals surface area contributed by atoms with Crippen molar-refractivity contribution in [1.82, 2.24) is 0 Å². The van der Waals surface area contributed by atoms with E-state index in [1.807, 2.05) is 31.2 Å². The van der Waals surface area contributed by atoms with Gasteiger partial charge in [-0.3, -0.25) is 4.79 Å². The number of phenols is 1. The van der Waals surface area contributed by atoms with Crippen molar-refractivity contribution in [1.29, 1.82) is 0 Å². The SMILES string of the molecule is CCC(=O)C1(c2ccc(Br)cc2)CC=CC(C)(c2ccc(O)cc2)C1. The second-order valence-corrected chi connectivity index (χ2v) is 8.03. The highest BCUT2D eigenvalue weighted by molar-refractivity contribution is 9.10. The van der Waals surface area contributed by atoms with Gasteiger partial charge in [0.25, 0.3) is 0 Å². The van der Waals surface area contributed by atoms with Crippen LogP contribution in [0.1, 0.15) is 44.2 Å². The molecule has 25 heavy (non-hydrogen) atoms. The molecular weight excluding hydrogens is 376 g/mol. The second-order valence-electron chi connectivity index (χ2n) is 7.11. The molecule has 0 radical (unpaired) electrons. The number of allylic oxidation sites excluding steroid dienone is 2. The number of ketones is 1. The topological polar surface area (TPSA) is 37.3 Å². The monoisotopic (exact) mass is 398 g/mol. The summed E-state index contributed by atoms with van der Waals surface area (Å²) < 4.78 is 1.02. The minimum atomic E-state index is -0.503. The molecule has 2 aromatic carbocycles. The first-order chi connectivity index (χ1) is 11.9. The fraction of sp³-hybridized carbons (Fsp3) is 0.318. The van der Waals surface area contributed by atoms with E-state index in [4.69, 9.17) is 0 Å². The minimum absolute atomic E-state index is 0.246. The Balaban J connectivity index is 2.08. The van der Waals surface area contributed by atoms with E-state index in [1.165, 1.54) is 0 Å². The lowest BCUT2D eigenvalue weighted by molar-refractivity contribution is -0.125. The average Bonchev–Trinajstić information content (AvgIpc) is 2.62. The molecule has 2 aromatic rings. The maximum Gasteiger partial charge on any atom is 0.143 e. The van der Waals surface area contributed by atoms with Gasteiger partial charge in [-0.2, -0.15) is 0 Å². The molecule has 0 heterocycles. The Labute approximate surface area is 157 Å². The van der Waals surface area contributed by atoms with Gasteiger partial charge < -0.3 is 5.11 Å². The molecule has 0 fully saturated rings. The van der Waals surface area contributed by atoms with Crippen molar-refractivity contribution in [3.05, 3.63) is 76.3 Å². The number of rotatable bonds is 4. The molecule has 0 spiro atoms. The van der Waals surface area contributed by atoms with Crippen LogP contribution < -0.4 is 0 Å². The third kappa shape index (κ3) is 3.30. The summed E-state index contributed by atoms with van der Waals surface area (Å²) in [4.78, 5) is 13.1. The molecular formula is C22H23BrO2. The summed E-state index contributed by atoms with van der Waals surface area (Å²) in [5.74, 6) is 0.542. The van der Waals surface area contributed by atoms with E-state index in [1.54, 1.807) is 12.1 Å². The predicted octanol–water partition coefficient (Wildman–Crippen LogP) is 5.68. The average molecular weight is 399 g/mol. The van der Waals surface area contributed by atoms with E-state index < -0.39 is 5.41 Å². The molecule has 2 unspecified atom stereocenters. The lowest BCUT2D eigenvalue weighted by atomic mass is 9.59. The first kappa shape index (κ1) is 17.9. The molecule has 0 amide bonds. The van der Waals surface area contributed by atoms with Crippen molar-refractivity contribution in [2.45, 2.75) is 43.9 Å². The molecule has 0 saturated carbocycles. The Morgan fingerprint density at radius 1 is 1.08 bits per heavy atom. The van der Waals surface area contributed by atoms with Crippen molar-refractivity contribution in [2.75, 3.05) is 0 Å². The van der Waals surface area contributed by atoms with Gasteiger partial charge in [0.15, 0.2) is 0 Å². The Hall–Kier alpha value is -1.87. The van der Waals surface area contributed by atoms with E-state index in [2.05, 4.69) is 47.1 Å². The number of hydrogen-bond acceptors (Lipinski definition) is 2. The number of halogens is 1. The largest absolute Gasteiger partial charge is 0.508 e. The number of hydrogen-bond donors (Lipinski definition) is 1. The van der Waals surface area contributed by atoms with Gasteiger partial charge in [-0.05, 0) is 48.2 Å². The lowest BCUT2D eigenvalue weighted by Crippen LogP contribution is -2.43. The molecule has 1 aliphatic carbocycles. The molecule has 3 rings (SSSR count). The highest BCUT2D eigenvalue weighted by atomic mass is 79.9. The van der Waals surface area contributed by atoms with Crippen LogP contribution in [0.2, 0.25) is 0 Å². The molecule has 0 aromatic heterocycles. The third-order valence-electron chi connectivity index (χ3n) is 5.40. The van der Waals surface area contributed by atoms with Crippen LogP contribution in [0, 0.1) is 0 Å². The lowest BCUT2D eigenvalue weighted by Gasteiger charge is -2.43. The number of aromatic hydroxyl groups is 1. The van der Waals surface area contributed by atoms with Gasteiger partial charge in [0.05, 0.1) is 5.41 Å². The number of carbonyl (C=O) groups is 1. The van der Waals surface area contributed by atoms with Crippen LogP contribution in [0.4, 0.5) is 0 Å². The van der Waals surface area contributed by atoms with Gasteiger partial charge in [-0.25, -0.2) is 0 Å². The van der Waals surface area contributed by atoms with E-state index in [9.17, 15) is 9.90 Å². The van der Waals surface area contributed by atoms with Gasteiger partial charge in [0.2, 0.25) is 0 Å². The normalized spacial score (nSPS) is 25.7. The van der Waals surface area contributed by atoms with Gasteiger partial charge in [0, 0.05) is 16.3 Å². The first-order valence-corrected chi connectivity index (χ1v) is 9.45. The summed E-state index contributed by atoms with van der Waals surface area (Å²) in [6.07, 6.45) is 6.34. The van der Waals surface area contributed by atoms with Crippen LogP contribution in [0.5, 0.6) is 5.75 Å². The van der Waals surface area contributed by atoms with Gasteiger partial charge in [-0.15, -0.1) is 0 Å². The molecule has 0 saturated heterocycles. The molecule has 0 aliphatic heterocycles. The Morgan fingerprint density at radius 3 is 2.28 bits per heavy atom. The van der Waals surface area contributed by atoms with Crippen LogP contribution in [0.25, 0.3) is 0 Å². The van der Waals surface area contributed by atoms with Crippen LogP contribution in [-0.2, 0) is 15.6 Å². The van der Waals surface area contributed by atoms with Crippen LogP contribution in [0.15, 0.2) is 65.2 Å². The summed E-state index contributed by atoms with van der Waals surface area (Å²) in [7, 11) is 0. The fourth-order valence-electron chi connectivity index (χ4n) is 4.02. The van der Waals surface area contributed by atoms with Crippen molar-refractivity contribution in [2.24, 2.45) is 0 Å². The van der Waals surface area contributed by atoms with Crippen LogP contribution in [0.3, 0.4) is 0 Å². The zero-order chi connectivity index (χ0) is 18.1. The minimum Gasteiger partial charge on any atom is -0.508 e. The Kier molecular flexibility index (Phi) is 4.88. The maximum absolute atomic E-state index is 13.1. The van der Waals surface area contributed by atoms with Crippen molar-refractivity contribution < 1.29 is 9.90 Å². The second kappa shape index (κ2) is 6.80. The molecule has 1 N–H and O–H groups in total. The summed E-state index contributed by atoms with van der Waals surface area (Å²) in [5, 5.41) is 9.60. The summed E-state index contributed by atoms with van der Waals surface area (Å²) in [6, 6.07) is 15.5. The fourth-order valence-corrected chi connectivity index (χ4v) is 4.28. The first-order valence-electron chi connectivity index (χ1n) is 8.66. The number of carbonyl (C=O) groups excluding carboxylic acids is 1. The van der Waals surface area contributed by atoms with Gasteiger partial charge in [0.1, 0.15) is 11.5 Å². The molecule has 1 aliphatic rings. The smallest absolute Gasteiger partial charge is 0.143 e. The van der Waals surface area contributed by atoms with E-state index >= 15 is 0 Å². The molecule has 3 heteroatoms. The standard InChI is InChI=1S/C22H23BrO2/c1-3-20(25)22(17-5-9-18(23)10-6-17)14-4-13-21(2,15-22)16-7-11-19(24)12-8-16/h4-13,24H,3,14-15H2,1-2H3.